The quantitative estimate of drug-likeness (QED) is 0.591. The van der Waals surface area contributed by atoms with Gasteiger partial charge in [-0.2, -0.15) is 0 Å². The van der Waals surface area contributed by atoms with Crippen LogP contribution >= 0.6 is 0 Å². The molecule has 2 amide bonds. The third kappa shape index (κ3) is 5.15. The number of aryl methyl sites for hydroxylation is 2. The number of hydrogen-bond donors (Lipinski definition) is 2. The number of nitrogens with zero attached hydrogens (tertiary/aromatic N) is 1. The minimum Gasteiger partial charge on any atom is -0.345 e. The molecule has 0 aliphatic rings. The van der Waals surface area contributed by atoms with Crippen molar-refractivity contribution in [2.24, 2.45) is 0 Å². The lowest BCUT2D eigenvalue weighted by atomic mass is 10.1. The number of amides is 2. The molecule has 0 saturated carbocycles. The molecule has 166 valence electrons. The van der Waals surface area contributed by atoms with Crippen molar-refractivity contribution in [2.45, 2.75) is 18.7 Å². The Morgan fingerprint density at radius 2 is 1.59 bits per heavy atom. The summed E-state index contributed by atoms with van der Waals surface area (Å²) in [6.45, 7) is 3.53. The number of anilines is 2. The molecule has 0 bridgehead atoms. The van der Waals surface area contributed by atoms with E-state index in [1.165, 1.54) is 17.0 Å². The van der Waals surface area contributed by atoms with E-state index in [-0.39, 0.29) is 22.1 Å². The summed E-state index contributed by atoms with van der Waals surface area (Å²) in [6, 6.07) is 18.1. The van der Waals surface area contributed by atoms with Gasteiger partial charge in [-0.25, -0.2) is 8.42 Å². The molecule has 0 unspecified atom stereocenters. The van der Waals surface area contributed by atoms with E-state index >= 15 is 0 Å². The van der Waals surface area contributed by atoms with Crippen LogP contribution in [0.2, 0.25) is 0 Å². The summed E-state index contributed by atoms with van der Waals surface area (Å²) in [4.78, 5) is 26.7. The molecule has 8 heteroatoms. The third-order valence-corrected chi connectivity index (χ3v) is 6.33. The fraction of sp³-hybridized carbons (Fsp3) is 0.167. The molecule has 0 spiro atoms. The van der Waals surface area contributed by atoms with Crippen molar-refractivity contribution in [3.8, 4) is 0 Å². The molecule has 3 rings (SSSR count). The van der Waals surface area contributed by atoms with Gasteiger partial charge in [-0.1, -0.05) is 30.3 Å². The topological polar surface area (TPSA) is 95.6 Å². The molecule has 3 aromatic carbocycles. The fourth-order valence-electron chi connectivity index (χ4n) is 3.15. The van der Waals surface area contributed by atoms with E-state index in [2.05, 4.69) is 10.0 Å². The maximum Gasteiger partial charge on any atom is 0.262 e. The number of nitrogens with one attached hydrogen (secondary N) is 2. The normalized spacial score (nSPS) is 11.0. The van der Waals surface area contributed by atoms with Crippen LogP contribution in [0.1, 0.15) is 31.8 Å². The van der Waals surface area contributed by atoms with Crippen molar-refractivity contribution in [3.05, 3.63) is 89.0 Å². The summed E-state index contributed by atoms with van der Waals surface area (Å²) in [6.07, 6.45) is 0. The van der Waals surface area contributed by atoms with E-state index in [1.807, 2.05) is 13.0 Å². The molecule has 3 aromatic rings. The van der Waals surface area contributed by atoms with Crippen LogP contribution in [0.15, 0.2) is 71.6 Å². The zero-order chi connectivity index (χ0) is 23.5. The smallest absolute Gasteiger partial charge is 0.262 e. The zero-order valence-electron chi connectivity index (χ0n) is 18.3. The Balaban J connectivity index is 1.89. The number of carbonyl (C=O) groups is 2. The summed E-state index contributed by atoms with van der Waals surface area (Å²) in [7, 11) is -0.614. The molecule has 0 heterocycles. The lowest BCUT2D eigenvalue weighted by Crippen LogP contribution is -2.22. The maximum absolute atomic E-state index is 13.0. The van der Waals surface area contributed by atoms with Gasteiger partial charge in [0.2, 0.25) is 0 Å². The zero-order valence-corrected chi connectivity index (χ0v) is 19.2. The third-order valence-electron chi connectivity index (χ3n) is 4.82. The number of benzene rings is 3. The predicted octanol–water partition coefficient (Wildman–Crippen LogP) is 4.06. The maximum atomic E-state index is 13.0. The highest BCUT2D eigenvalue weighted by Crippen LogP contribution is 2.24. The second-order valence-corrected chi connectivity index (χ2v) is 9.31. The Morgan fingerprint density at radius 3 is 2.31 bits per heavy atom. The predicted molar refractivity (Wildman–Crippen MR) is 126 cm³/mol. The van der Waals surface area contributed by atoms with Crippen molar-refractivity contribution in [3.63, 3.8) is 0 Å². The van der Waals surface area contributed by atoms with Gasteiger partial charge in [0.25, 0.3) is 21.8 Å². The SMILES string of the molecule is Cc1ccc(C)c(S(=O)(=O)Nc2ccccc2C(=O)Nc2cccc(C(=O)N(C)C)c2)c1. The first-order valence-corrected chi connectivity index (χ1v) is 11.4. The van der Waals surface area contributed by atoms with Crippen molar-refractivity contribution in [2.75, 3.05) is 24.1 Å². The van der Waals surface area contributed by atoms with Crippen molar-refractivity contribution in [1.29, 1.82) is 0 Å². The standard InChI is InChI=1S/C24H25N3O4S/c1-16-12-13-17(2)22(14-16)32(30,31)26-21-11-6-5-10-20(21)23(28)25-19-9-7-8-18(15-19)24(29)27(3)4/h5-15,26H,1-4H3,(H,25,28). The molecule has 7 nitrogen and oxygen atoms in total. The number of hydrogen-bond acceptors (Lipinski definition) is 4. The summed E-state index contributed by atoms with van der Waals surface area (Å²) < 4.78 is 28.5. The van der Waals surface area contributed by atoms with Gasteiger partial charge in [-0.3, -0.25) is 14.3 Å². The lowest BCUT2D eigenvalue weighted by molar-refractivity contribution is 0.0827. The first-order chi connectivity index (χ1) is 15.1. The molecule has 0 fully saturated rings. The van der Waals surface area contributed by atoms with Gasteiger partial charge < -0.3 is 10.2 Å². The summed E-state index contributed by atoms with van der Waals surface area (Å²) in [5, 5.41) is 2.73. The summed E-state index contributed by atoms with van der Waals surface area (Å²) in [5.74, 6) is -0.693. The number of para-hydroxylation sites is 1. The summed E-state index contributed by atoms with van der Waals surface area (Å²) >= 11 is 0. The minimum atomic E-state index is -3.90. The van der Waals surface area contributed by atoms with Crippen LogP contribution in [0.5, 0.6) is 0 Å². The Hall–Kier alpha value is -3.65. The van der Waals surface area contributed by atoms with Gasteiger partial charge >= 0.3 is 0 Å². The van der Waals surface area contributed by atoms with Crippen LogP contribution < -0.4 is 10.0 Å². The average Bonchev–Trinajstić information content (AvgIpc) is 2.75. The molecule has 0 saturated heterocycles. The van der Waals surface area contributed by atoms with E-state index in [9.17, 15) is 18.0 Å². The van der Waals surface area contributed by atoms with Crippen LogP contribution in [0, 0.1) is 13.8 Å². The lowest BCUT2D eigenvalue weighted by Gasteiger charge is -2.15. The van der Waals surface area contributed by atoms with E-state index in [1.54, 1.807) is 69.6 Å². The molecular weight excluding hydrogens is 426 g/mol. The second-order valence-electron chi connectivity index (χ2n) is 7.65. The van der Waals surface area contributed by atoms with Crippen molar-refractivity contribution >= 4 is 33.2 Å². The van der Waals surface area contributed by atoms with E-state index in [0.717, 1.165) is 5.56 Å². The van der Waals surface area contributed by atoms with Crippen LogP contribution in [0.25, 0.3) is 0 Å². The molecular formula is C24H25N3O4S. The molecule has 0 aliphatic carbocycles. The van der Waals surface area contributed by atoms with Gasteiger partial charge in [0.1, 0.15) is 0 Å². The Morgan fingerprint density at radius 1 is 0.875 bits per heavy atom. The van der Waals surface area contributed by atoms with Gasteiger partial charge in [0.15, 0.2) is 0 Å². The number of sulfonamides is 1. The van der Waals surface area contributed by atoms with Crippen LogP contribution in [-0.4, -0.2) is 39.2 Å². The molecule has 0 aromatic heterocycles. The van der Waals surface area contributed by atoms with E-state index < -0.39 is 15.9 Å². The van der Waals surface area contributed by atoms with Crippen molar-refractivity contribution < 1.29 is 18.0 Å². The molecule has 0 aliphatic heterocycles. The average molecular weight is 452 g/mol. The number of carbonyl (C=O) groups excluding carboxylic acids is 2. The van der Waals surface area contributed by atoms with Crippen LogP contribution in [0.4, 0.5) is 11.4 Å². The Kier molecular flexibility index (Phi) is 6.64. The fourth-order valence-corrected chi connectivity index (χ4v) is 4.56. The second kappa shape index (κ2) is 9.23. The van der Waals surface area contributed by atoms with E-state index in [4.69, 9.17) is 0 Å². The van der Waals surface area contributed by atoms with Gasteiger partial charge in [0, 0.05) is 25.3 Å². The van der Waals surface area contributed by atoms with E-state index in [0.29, 0.717) is 16.8 Å². The molecule has 32 heavy (non-hydrogen) atoms. The first-order valence-electron chi connectivity index (χ1n) is 9.90. The highest BCUT2D eigenvalue weighted by molar-refractivity contribution is 7.92. The first kappa shape index (κ1) is 23.0. The van der Waals surface area contributed by atoms with Crippen LogP contribution in [0.3, 0.4) is 0 Å². The van der Waals surface area contributed by atoms with Gasteiger partial charge in [0.05, 0.1) is 16.1 Å². The Bertz CT molecular complexity index is 1280. The molecule has 2 N–H and O–H groups in total. The van der Waals surface area contributed by atoms with Crippen molar-refractivity contribution in [1.82, 2.24) is 4.90 Å². The van der Waals surface area contributed by atoms with Gasteiger partial charge in [-0.05, 0) is 61.4 Å². The van der Waals surface area contributed by atoms with Crippen LogP contribution in [-0.2, 0) is 10.0 Å². The molecule has 0 radical (unpaired) electrons. The minimum absolute atomic E-state index is 0.155. The number of rotatable bonds is 6. The largest absolute Gasteiger partial charge is 0.345 e. The van der Waals surface area contributed by atoms with Gasteiger partial charge in [-0.15, -0.1) is 0 Å². The summed E-state index contributed by atoms with van der Waals surface area (Å²) in [5.41, 5.74) is 2.59. The molecule has 0 atom stereocenters. The highest BCUT2D eigenvalue weighted by Gasteiger charge is 2.21. The monoisotopic (exact) mass is 451 g/mol. The highest BCUT2D eigenvalue weighted by atomic mass is 32.2. The Labute approximate surface area is 188 Å².